The fraction of sp³-hybridized carbons (Fsp3) is 0.667. The number of hydrogen-bond donors (Lipinski definition) is 1. The van der Waals surface area contributed by atoms with Crippen LogP contribution in [-0.4, -0.2) is 19.6 Å². The Hall–Kier alpha value is -1.07. The van der Waals surface area contributed by atoms with Crippen molar-refractivity contribution < 1.29 is 13.2 Å². The molecule has 1 aliphatic rings. The molecule has 0 atom stereocenters. The summed E-state index contributed by atoms with van der Waals surface area (Å²) in [7, 11) is -3.57. The van der Waals surface area contributed by atoms with Crippen LogP contribution >= 0.6 is 0 Å². The summed E-state index contributed by atoms with van der Waals surface area (Å²) in [5, 5.41) is 0. The largest absolute Gasteiger partial charge is 0.487 e. The Morgan fingerprint density at radius 2 is 1.61 bits per heavy atom. The number of rotatable bonds is 2. The van der Waals surface area contributed by atoms with E-state index in [-0.39, 0.29) is 5.60 Å². The van der Waals surface area contributed by atoms with Crippen molar-refractivity contribution in [1.82, 2.24) is 4.72 Å². The van der Waals surface area contributed by atoms with Crippen LogP contribution in [0.3, 0.4) is 0 Å². The van der Waals surface area contributed by atoms with E-state index in [0.717, 1.165) is 40.8 Å². The smallest absolute Gasteiger partial charge is 0.241 e. The molecule has 1 aliphatic heterocycles. The first-order chi connectivity index (χ1) is 10.3. The van der Waals surface area contributed by atoms with E-state index in [1.807, 2.05) is 41.5 Å². The number of nitrogens with one attached hydrogen (secondary N) is 1. The number of fused-ring (bicyclic) bond motifs is 1. The second-order valence-corrected chi connectivity index (χ2v) is 9.85. The molecule has 4 nitrogen and oxygen atoms in total. The van der Waals surface area contributed by atoms with Crippen molar-refractivity contribution in [2.75, 3.05) is 0 Å². The summed E-state index contributed by atoms with van der Waals surface area (Å²) in [4.78, 5) is 0.409. The van der Waals surface area contributed by atoms with Crippen LogP contribution in [0, 0.1) is 20.8 Å². The molecule has 1 N–H and O–H groups in total. The molecule has 0 saturated heterocycles. The first-order valence-corrected chi connectivity index (χ1v) is 9.59. The van der Waals surface area contributed by atoms with Gasteiger partial charge in [-0.15, -0.1) is 0 Å². The highest BCUT2D eigenvalue weighted by Crippen LogP contribution is 2.42. The Labute approximate surface area is 140 Å². The molecule has 23 heavy (non-hydrogen) atoms. The van der Waals surface area contributed by atoms with Crippen LogP contribution in [0.25, 0.3) is 0 Å². The number of ether oxygens (including phenoxy) is 1. The standard InChI is InChI=1S/C18H29NO3S/c1-11-12(2)16(23(20,21)19-17(4,5)6)13(3)14-9-10-18(7,8)22-15(11)14/h19H,9-10H2,1-8H3. The third-order valence-corrected chi connectivity index (χ3v) is 6.41. The summed E-state index contributed by atoms with van der Waals surface area (Å²) >= 11 is 0. The highest BCUT2D eigenvalue weighted by molar-refractivity contribution is 7.89. The highest BCUT2D eigenvalue weighted by atomic mass is 32.2. The van der Waals surface area contributed by atoms with E-state index in [0.29, 0.717) is 4.90 Å². The molecule has 5 heteroatoms. The summed E-state index contributed by atoms with van der Waals surface area (Å²) in [6.45, 7) is 15.4. The van der Waals surface area contributed by atoms with E-state index < -0.39 is 15.6 Å². The van der Waals surface area contributed by atoms with Crippen molar-refractivity contribution in [1.29, 1.82) is 0 Å². The molecule has 2 rings (SSSR count). The van der Waals surface area contributed by atoms with Gasteiger partial charge in [0, 0.05) is 5.54 Å². The lowest BCUT2D eigenvalue weighted by Crippen LogP contribution is -2.41. The molecular weight excluding hydrogens is 310 g/mol. The Balaban J connectivity index is 2.68. The highest BCUT2D eigenvalue weighted by Gasteiger charge is 2.34. The van der Waals surface area contributed by atoms with E-state index in [1.165, 1.54) is 0 Å². The summed E-state index contributed by atoms with van der Waals surface area (Å²) < 4.78 is 34.7. The van der Waals surface area contributed by atoms with Crippen molar-refractivity contribution in [3.8, 4) is 5.75 Å². The molecule has 0 aliphatic carbocycles. The number of hydrogen-bond acceptors (Lipinski definition) is 3. The average molecular weight is 340 g/mol. The molecule has 130 valence electrons. The minimum Gasteiger partial charge on any atom is -0.487 e. The van der Waals surface area contributed by atoms with Gasteiger partial charge in [-0.1, -0.05) is 0 Å². The van der Waals surface area contributed by atoms with E-state index in [2.05, 4.69) is 18.6 Å². The molecule has 0 bridgehead atoms. The first kappa shape index (κ1) is 18.3. The molecule has 0 unspecified atom stereocenters. The van der Waals surface area contributed by atoms with Crippen LogP contribution in [0.15, 0.2) is 4.90 Å². The van der Waals surface area contributed by atoms with E-state index in [9.17, 15) is 8.42 Å². The fourth-order valence-electron chi connectivity index (χ4n) is 3.21. The third-order valence-electron chi connectivity index (χ3n) is 4.38. The Kier molecular flexibility index (Phi) is 4.36. The number of benzene rings is 1. The maximum Gasteiger partial charge on any atom is 0.241 e. The quantitative estimate of drug-likeness (QED) is 0.892. The average Bonchev–Trinajstić information content (AvgIpc) is 2.31. The van der Waals surface area contributed by atoms with Gasteiger partial charge in [0.15, 0.2) is 0 Å². The number of sulfonamides is 1. The van der Waals surface area contributed by atoms with Crippen LogP contribution in [-0.2, 0) is 16.4 Å². The predicted molar refractivity (Wildman–Crippen MR) is 93.8 cm³/mol. The molecule has 0 aromatic heterocycles. The summed E-state index contributed by atoms with van der Waals surface area (Å²) in [5.74, 6) is 0.867. The molecule has 1 heterocycles. The molecular formula is C18H29NO3S. The maximum atomic E-state index is 12.9. The van der Waals surface area contributed by atoms with Crippen LogP contribution in [0.1, 0.15) is 63.3 Å². The van der Waals surface area contributed by atoms with Crippen molar-refractivity contribution in [3.63, 3.8) is 0 Å². The van der Waals surface area contributed by atoms with Gasteiger partial charge in [-0.3, -0.25) is 0 Å². The van der Waals surface area contributed by atoms with Gasteiger partial charge in [-0.25, -0.2) is 13.1 Å². The lowest BCUT2D eigenvalue weighted by atomic mass is 9.88. The molecule has 0 saturated carbocycles. The first-order valence-electron chi connectivity index (χ1n) is 8.11. The molecule has 0 radical (unpaired) electrons. The summed E-state index contributed by atoms with van der Waals surface area (Å²) in [6.07, 6.45) is 1.73. The summed E-state index contributed by atoms with van der Waals surface area (Å²) in [5.41, 5.74) is 2.82. The van der Waals surface area contributed by atoms with E-state index in [4.69, 9.17) is 4.74 Å². The van der Waals surface area contributed by atoms with Crippen LogP contribution in [0.5, 0.6) is 5.75 Å². The second kappa shape index (κ2) is 5.49. The Morgan fingerprint density at radius 3 is 2.13 bits per heavy atom. The molecule has 0 fully saturated rings. The Morgan fingerprint density at radius 1 is 1.04 bits per heavy atom. The lowest BCUT2D eigenvalue weighted by molar-refractivity contribution is 0.0832. The van der Waals surface area contributed by atoms with Gasteiger partial charge in [0.2, 0.25) is 10.0 Å². The van der Waals surface area contributed by atoms with Crippen LogP contribution < -0.4 is 9.46 Å². The normalized spacial score (nSPS) is 17.6. The maximum absolute atomic E-state index is 12.9. The van der Waals surface area contributed by atoms with Gasteiger partial charge in [-0.2, -0.15) is 0 Å². The van der Waals surface area contributed by atoms with Gasteiger partial charge in [0.25, 0.3) is 0 Å². The SMILES string of the molecule is Cc1c(C)c(S(=O)(=O)NC(C)(C)C)c(C)c2c1OC(C)(C)CC2. The molecule has 1 aromatic rings. The van der Waals surface area contributed by atoms with E-state index in [1.54, 1.807) is 0 Å². The zero-order valence-electron chi connectivity index (χ0n) is 15.5. The molecule has 0 spiro atoms. The molecule has 1 aromatic carbocycles. The van der Waals surface area contributed by atoms with Gasteiger partial charge in [0.05, 0.1) is 4.90 Å². The van der Waals surface area contributed by atoms with Gasteiger partial charge < -0.3 is 4.74 Å². The predicted octanol–water partition coefficient (Wildman–Crippen LogP) is 3.79. The molecule has 0 amide bonds. The zero-order valence-corrected chi connectivity index (χ0v) is 16.4. The lowest BCUT2D eigenvalue weighted by Gasteiger charge is -2.36. The van der Waals surface area contributed by atoms with Crippen LogP contribution in [0.2, 0.25) is 0 Å². The minimum absolute atomic E-state index is 0.208. The zero-order chi connectivity index (χ0) is 17.8. The monoisotopic (exact) mass is 339 g/mol. The topological polar surface area (TPSA) is 55.4 Å². The van der Waals surface area contributed by atoms with Crippen molar-refractivity contribution in [2.24, 2.45) is 0 Å². The van der Waals surface area contributed by atoms with E-state index >= 15 is 0 Å². The van der Waals surface area contributed by atoms with Crippen LogP contribution in [0.4, 0.5) is 0 Å². The Bertz CT molecular complexity index is 741. The van der Waals surface area contributed by atoms with Gasteiger partial charge in [-0.05, 0) is 90.5 Å². The third kappa shape index (κ3) is 3.56. The van der Waals surface area contributed by atoms with Crippen molar-refractivity contribution in [2.45, 2.75) is 84.3 Å². The van der Waals surface area contributed by atoms with Gasteiger partial charge >= 0.3 is 0 Å². The van der Waals surface area contributed by atoms with Gasteiger partial charge in [0.1, 0.15) is 11.4 Å². The summed E-state index contributed by atoms with van der Waals surface area (Å²) in [6, 6.07) is 0. The minimum atomic E-state index is -3.57. The fourth-order valence-corrected chi connectivity index (χ4v) is 5.20. The van der Waals surface area contributed by atoms with Crippen molar-refractivity contribution in [3.05, 3.63) is 22.3 Å². The van der Waals surface area contributed by atoms with Crippen molar-refractivity contribution >= 4 is 10.0 Å². The second-order valence-electron chi connectivity index (χ2n) is 8.23.